The van der Waals surface area contributed by atoms with E-state index in [1.165, 1.54) is 14.2 Å². The predicted molar refractivity (Wildman–Crippen MR) is 51.3 cm³/mol. The zero-order valence-corrected chi connectivity index (χ0v) is 8.61. The lowest BCUT2D eigenvalue weighted by molar-refractivity contribution is 0.202. The summed E-state index contributed by atoms with van der Waals surface area (Å²) in [5.41, 5.74) is 6.24. The lowest BCUT2D eigenvalue weighted by Gasteiger charge is -2.11. The largest absolute Gasteiger partial charge is 0.656 e. The van der Waals surface area contributed by atoms with Crippen molar-refractivity contribution in [1.82, 2.24) is 0 Å². The molecule has 0 bridgehead atoms. The maximum atomic E-state index is 5.66. The molecule has 0 spiro atoms. The number of rotatable bonds is 4. The molecule has 0 unspecified atom stereocenters. The highest BCUT2D eigenvalue weighted by atomic mass is 28.3. The van der Waals surface area contributed by atoms with Crippen molar-refractivity contribution in [2.45, 2.75) is 0 Å². The molecule has 1 rings (SSSR count). The van der Waals surface area contributed by atoms with Crippen molar-refractivity contribution in [3.8, 4) is 5.75 Å². The van der Waals surface area contributed by atoms with Crippen LogP contribution in [0.25, 0.3) is 0 Å². The number of nitrogen functional groups attached to an aromatic ring is 1. The van der Waals surface area contributed by atoms with Crippen LogP contribution in [-0.4, -0.2) is 23.7 Å². The number of anilines is 1. The molecule has 0 heterocycles. The van der Waals surface area contributed by atoms with Crippen LogP contribution >= 0.6 is 0 Å². The van der Waals surface area contributed by atoms with Crippen molar-refractivity contribution in [1.29, 1.82) is 0 Å². The lowest BCUT2D eigenvalue weighted by atomic mass is 10.3. The van der Waals surface area contributed by atoms with Gasteiger partial charge in [0.1, 0.15) is 5.75 Å². The predicted octanol–water partition coefficient (Wildman–Crippen LogP) is 0.925. The summed E-state index contributed by atoms with van der Waals surface area (Å²) in [5, 5.41) is 0. The first-order chi connectivity index (χ1) is 6.27. The first-order valence-corrected chi connectivity index (χ1v) is 4.97. The van der Waals surface area contributed by atoms with E-state index < -0.39 is 9.53 Å². The molecule has 0 saturated carbocycles. The Bertz CT molecular complexity index is 265. The fourth-order valence-corrected chi connectivity index (χ4v) is 1.53. The van der Waals surface area contributed by atoms with Gasteiger partial charge in [-0.2, -0.15) is 0 Å². The van der Waals surface area contributed by atoms with E-state index in [4.69, 9.17) is 19.0 Å². The summed E-state index contributed by atoms with van der Waals surface area (Å²) in [6.07, 6.45) is 0. The second-order valence-electron chi connectivity index (χ2n) is 2.30. The van der Waals surface area contributed by atoms with Gasteiger partial charge >= 0.3 is 9.53 Å². The van der Waals surface area contributed by atoms with Crippen LogP contribution in [0, 0.1) is 0 Å². The number of benzene rings is 1. The van der Waals surface area contributed by atoms with Gasteiger partial charge in [0.2, 0.25) is 0 Å². The Morgan fingerprint density at radius 1 is 1.15 bits per heavy atom. The highest BCUT2D eigenvalue weighted by Gasteiger charge is 2.18. The van der Waals surface area contributed by atoms with Crippen LogP contribution < -0.4 is 10.2 Å². The number of hydrogen-bond acceptors (Lipinski definition) is 4. The van der Waals surface area contributed by atoms with Gasteiger partial charge in [0.05, 0.1) is 5.69 Å². The molecule has 5 heteroatoms. The quantitative estimate of drug-likeness (QED) is 0.577. The van der Waals surface area contributed by atoms with Crippen LogP contribution in [0.15, 0.2) is 24.3 Å². The van der Waals surface area contributed by atoms with E-state index in [1.54, 1.807) is 12.1 Å². The zero-order valence-electron chi connectivity index (χ0n) is 7.61. The number of nitrogens with two attached hydrogens (primary N) is 1. The van der Waals surface area contributed by atoms with Crippen molar-refractivity contribution in [2.24, 2.45) is 0 Å². The Balaban J connectivity index is 2.67. The summed E-state index contributed by atoms with van der Waals surface area (Å²) >= 11 is 0. The Morgan fingerprint density at radius 2 is 1.77 bits per heavy atom. The first kappa shape index (κ1) is 10.0. The summed E-state index contributed by atoms with van der Waals surface area (Å²) < 4.78 is 15.3. The van der Waals surface area contributed by atoms with Crippen molar-refractivity contribution in [2.75, 3.05) is 20.0 Å². The molecule has 0 fully saturated rings. The van der Waals surface area contributed by atoms with Crippen LogP contribution in [0.5, 0.6) is 5.75 Å². The smallest absolute Gasteiger partial charge is 0.496 e. The van der Waals surface area contributed by atoms with Gasteiger partial charge in [-0.1, -0.05) is 12.1 Å². The minimum atomic E-state index is -1.68. The molecule has 13 heavy (non-hydrogen) atoms. The van der Waals surface area contributed by atoms with Crippen molar-refractivity contribution in [3.05, 3.63) is 24.3 Å². The summed E-state index contributed by atoms with van der Waals surface area (Å²) in [5.74, 6) is 0.597. The van der Waals surface area contributed by atoms with Gasteiger partial charge in [-0.25, -0.2) is 0 Å². The lowest BCUT2D eigenvalue weighted by Crippen LogP contribution is -2.27. The average Bonchev–Trinajstić information content (AvgIpc) is 2.17. The molecule has 0 aliphatic heterocycles. The maximum absolute atomic E-state index is 5.66. The fourth-order valence-electron chi connectivity index (χ4n) is 0.830. The molecule has 0 aliphatic rings. The molecular formula is C8H12NO3Si. The standard InChI is InChI=1S/C8H12NO3Si/c1-10-13(11-2)12-8-6-4-3-5-7(8)9/h3-6H,9H2,1-2H3. The molecule has 0 amide bonds. The summed E-state index contributed by atoms with van der Waals surface area (Å²) in [7, 11) is 1.40. The van der Waals surface area contributed by atoms with Gasteiger partial charge < -0.3 is 19.0 Å². The second kappa shape index (κ2) is 4.86. The Morgan fingerprint density at radius 3 is 2.31 bits per heavy atom. The zero-order chi connectivity index (χ0) is 9.68. The number of hydrogen-bond donors (Lipinski definition) is 1. The van der Waals surface area contributed by atoms with E-state index in [1.807, 2.05) is 12.1 Å². The van der Waals surface area contributed by atoms with Crippen LogP contribution in [0.2, 0.25) is 0 Å². The third-order valence-electron chi connectivity index (χ3n) is 1.45. The van der Waals surface area contributed by atoms with Crippen molar-refractivity contribution < 1.29 is 13.3 Å². The highest BCUT2D eigenvalue weighted by molar-refractivity contribution is 6.37. The van der Waals surface area contributed by atoms with E-state index >= 15 is 0 Å². The van der Waals surface area contributed by atoms with E-state index in [-0.39, 0.29) is 0 Å². The second-order valence-corrected chi connectivity index (χ2v) is 3.82. The van der Waals surface area contributed by atoms with Gasteiger partial charge in [-0.3, -0.25) is 0 Å². The monoisotopic (exact) mass is 198 g/mol. The Labute approximate surface area is 79.2 Å². The van der Waals surface area contributed by atoms with Gasteiger partial charge in [0, 0.05) is 14.2 Å². The van der Waals surface area contributed by atoms with Gasteiger partial charge in [-0.15, -0.1) is 0 Å². The van der Waals surface area contributed by atoms with Crippen molar-refractivity contribution >= 4 is 15.2 Å². The third-order valence-corrected chi connectivity index (χ3v) is 2.50. The molecule has 0 aliphatic carbocycles. The fraction of sp³-hybridized carbons (Fsp3) is 0.250. The normalized spacial score (nSPS) is 10.4. The molecule has 1 radical (unpaired) electrons. The molecular weight excluding hydrogens is 186 g/mol. The maximum Gasteiger partial charge on any atom is 0.656 e. The Hall–Kier alpha value is -1.04. The highest BCUT2D eigenvalue weighted by Crippen LogP contribution is 2.20. The Kier molecular flexibility index (Phi) is 3.75. The average molecular weight is 198 g/mol. The SMILES string of the molecule is CO[Si](OC)Oc1ccccc1N. The molecule has 1 aromatic rings. The van der Waals surface area contributed by atoms with E-state index in [9.17, 15) is 0 Å². The van der Waals surface area contributed by atoms with Crippen LogP contribution in [0.3, 0.4) is 0 Å². The van der Waals surface area contributed by atoms with E-state index in [2.05, 4.69) is 0 Å². The topological polar surface area (TPSA) is 53.7 Å². The first-order valence-electron chi connectivity index (χ1n) is 3.75. The van der Waals surface area contributed by atoms with Gasteiger partial charge in [0.15, 0.2) is 0 Å². The minimum Gasteiger partial charge on any atom is -0.496 e. The molecule has 0 atom stereocenters. The van der Waals surface area contributed by atoms with E-state index in [0.717, 1.165) is 0 Å². The number of para-hydroxylation sites is 2. The summed E-state index contributed by atoms with van der Waals surface area (Å²) in [6, 6.07) is 7.23. The molecule has 4 nitrogen and oxygen atoms in total. The molecule has 1 aromatic carbocycles. The molecule has 0 saturated heterocycles. The van der Waals surface area contributed by atoms with Crippen LogP contribution in [-0.2, 0) is 8.85 Å². The molecule has 2 N–H and O–H groups in total. The summed E-state index contributed by atoms with van der Waals surface area (Å²) in [4.78, 5) is 0. The van der Waals surface area contributed by atoms with Gasteiger partial charge in [0.25, 0.3) is 0 Å². The van der Waals surface area contributed by atoms with Crippen molar-refractivity contribution in [3.63, 3.8) is 0 Å². The minimum absolute atomic E-state index is 0.583. The van der Waals surface area contributed by atoms with Gasteiger partial charge in [-0.05, 0) is 12.1 Å². The third kappa shape index (κ3) is 2.73. The molecule has 71 valence electrons. The summed E-state index contributed by atoms with van der Waals surface area (Å²) in [6.45, 7) is 0. The van der Waals surface area contributed by atoms with Crippen LogP contribution in [0.1, 0.15) is 0 Å². The van der Waals surface area contributed by atoms with Crippen LogP contribution in [0.4, 0.5) is 5.69 Å². The van der Waals surface area contributed by atoms with E-state index in [0.29, 0.717) is 11.4 Å². The molecule has 0 aromatic heterocycles.